The van der Waals surface area contributed by atoms with Crippen LogP contribution in [-0.2, 0) is 4.79 Å². The van der Waals surface area contributed by atoms with Gasteiger partial charge in [0.15, 0.2) is 6.61 Å². The molecule has 5 nitrogen and oxygen atoms in total. The van der Waals surface area contributed by atoms with Crippen molar-refractivity contribution in [2.45, 2.75) is 13.0 Å². The number of aromatic nitrogens is 1. The van der Waals surface area contributed by atoms with Crippen LogP contribution in [0.2, 0.25) is 0 Å². The Hall–Kier alpha value is -2.56. The minimum absolute atomic E-state index is 0.120. The maximum atomic E-state index is 10.7. The van der Waals surface area contributed by atoms with Crippen molar-refractivity contribution in [3.63, 3.8) is 0 Å². The number of hydrogen-bond donors (Lipinski definition) is 2. The summed E-state index contributed by atoms with van der Waals surface area (Å²) in [5.74, 6) is 0.110. The van der Waals surface area contributed by atoms with Gasteiger partial charge in [0, 0.05) is 24.1 Å². The smallest absolute Gasteiger partial charge is 0.255 e. The molecule has 0 aliphatic carbocycles. The number of hydrogen-bond acceptors (Lipinski definition) is 4. The summed E-state index contributed by atoms with van der Waals surface area (Å²) in [6, 6.07) is 11.4. The number of ether oxygens (including phenoxy) is 1. The quantitative estimate of drug-likeness (QED) is 0.843. The number of primary amides is 1. The average molecular weight is 271 g/mol. The fourth-order valence-electron chi connectivity index (χ4n) is 1.80. The van der Waals surface area contributed by atoms with E-state index in [1.807, 2.05) is 43.5 Å². The van der Waals surface area contributed by atoms with E-state index in [1.165, 1.54) is 0 Å². The minimum Gasteiger partial charge on any atom is -0.484 e. The Balaban J connectivity index is 2.02. The number of rotatable bonds is 6. The third-order valence-electron chi connectivity index (χ3n) is 2.78. The van der Waals surface area contributed by atoms with Gasteiger partial charge in [0.25, 0.3) is 5.91 Å². The molecular weight excluding hydrogens is 254 g/mol. The highest BCUT2D eigenvalue weighted by atomic mass is 16.5. The fourth-order valence-corrected chi connectivity index (χ4v) is 1.80. The molecule has 0 bridgehead atoms. The zero-order valence-corrected chi connectivity index (χ0v) is 11.2. The Morgan fingerprint density at radius 1 is 1.40 bits per heavy atom. The van der Waals surface area contributed by atoms with Crippen LogP contribution in [0, 0.1) is 0 Å². The molecule has 5 heteroatoms. The molecule has 0 saturated heterocycles. The van der Waals surface area contributed by atoms with Crippen molar-refractivity contribution in [2.24, 2.45) is 5.73 Å². The summed E-state index contributed by atoms with van der Waals surface area (Å²) in [5.41, 5.74) is 7.05. The summed E-state index contributed by atoms with van der Waals surface area (Å²) >= 11 is 0. The zero-order chi connectivity index (χ0) is 14.4. The first-order chi connectivity index (χ1) is 9.65. The monoisotopic (exact) mass is 271 g/mol. The number of carbonyl (C=O) groups is 1. The molecule has 2 rings (SSSR count). The lowest BCUT2D eigenvalue weighted by atomic mass is 10.1. The largest absolute Gasteiger partial charge is 0.484 e. The highest BCUT2D eigenvalue weighted by molar-refractivity contribution is 5.75. The molecule has 2 aromatic rings. The lowest BCUT2D eigenvalue weighted by Gasteiger charge is -2.16. The first-order valence-electron chi connectivity index (χ1n) is 6.33. The second kappa shape index (κ2) is 6.56. The van der Waals surface area contributed by atoms with Gasteiger partial charge in [-0.3, -0.25) is 9.78 Å². The van der Waals surface area contributed by atoms with Gasteiger partial charge in [0.05, 0.1) is 6.04 Å². The molecule has 20 heavy (non-hydrogen) atoms. The Kier molecular flexibility index (Phi) is 4.55. The van der Waals surface area contributed by atoms with Crippen LogP contribution in [0.5, 0.6) is 5.75 Å². The third-order valence-corrected chi connectivity index (χ3v) is 2.78. The zero-order valence-electron chi connectivity index (χ0n) is 11.2. The van der Waals surface area contributed by atoms with E-state index in [1.54, 1.807) is 12.3 Å². The first-order valence-corrected chi connectivity index (χ1v) is 6.33. The van der Waals surface area contributed by atoms with E-state index in [-0.39, 0.29) is 12.6 Å². The molecule has 1 aromatic heterocycles. The van der Waals surface area contributed by atoms with Gasteiger partial charge >= 0.3 is 0 Å². The number of carbonyl (C=O) groups excluding carboxylic acids is 1. The molecule has 0 aliphatic heterocycles. The normalized spacial score (nSPS) is 11.7. The average Bonchev–Trinajstić information content (AvgIpc) is 2.46. The molecule has 0 saturated carbocycles. The van der Waals surface area contributed by atoms with Crippen LogP contribution in [0.1, 0.15) is 18.5 Å². The van der Waals surface area contributed by atoms with Crippen molar-refractivity contribution in [3.8, 4) is 5.75 Å². The second-order valence-electron chi connectivity index (χ2n) is 4.44. The van der Waals surface area contributed by atoms with Crippen molar-refractivity contribution in [2.75, 3.05) is 11.9 Å². The van der Waals surface area contributed by atoms with Gasteiger partial charge in [-0.2, -0.15) is 0 Å². The standard InChI is InChI=1S/C15H17N3O2/c1-11(12-4-3-7-17-9-12)18-13-5-2-6-14(8-13)20-10-15(16)19/h2-9,11,18H,10H2,1H3,(H2,16,19). The Labute approximate surface area is 117 Å². The van der Waals surface area contributed by atoms with Crippen molar-refractivity contribution in [3.05, 3.63) is 54.4 Å². The number of nitrogens with one attached hydrogen (secondary N) is 1. The molecule has 1 heterocycles. The topological polar surface area (TPSA) is 77.2 Å². The van der Waals surface area contributed by atoms with Crippen LogP contribution >= 0.6 is 0 Å². The predicted octanol–water partition coefficient (Wildman–Crippen LogP) is 2.12. The Morgan fingerprint density at radius 3 is 2.95 bits per heavy atom. The Morgan fingerprint density at radius 2 is 2.25 bits per heavy atom. The summed E-state index contributed by atoms with van der Waals surface area (Å²) in [6.07, 6.45) is 3.57. The van der Waals surface area contributed by atoms with Gasteiger partial charge in [0.2, 0.25) is 0 Å². The van der Waals surface area contributed by atoms with Gasteiger partial charge in [-0.05, 0) is 30.7 Å². The van der Waals surface area contributed by atoms with Crippen molar-refractivity contribution < 1.29 is 9.53 Å². The first kappa shape index (κ1) is 13.9. The van der Waals surface area contributed by atoms with Crippen molar-refractivity contribution in [1.29, 1.82) is 0 Å². The predicted molar refractivity (Wildman–Crippen MR) is 77.4 cm³/mol. The van der Waals surface area contributed by atoms with E-state index in [0.29, 0.717) is 5.75 Å². The summed E-state index contributed by atoms with van der Waals surface area (Å²) in [7, 11) is 0. The molecule has 0 aliphatic rings. The molecule has 104 valence electrons. The highest BCUT2D eigenvalue weighted by Crippen LogP contribution is 2.22. The van der Waals surface area contributed by atoms with Gasteiger partial charge in [-0.25, -0.2) is 0 Å². The summed E-state index contributed by atoms with van der Waals surface area (Å²) in [5, 5.41) is 3.35. The van der Waals surface area contributed by atoms with Crippen molar-refractivity contribution >= 4 is 11.6 Å². The van der Waals surface area contributed by atoms with E-state index < -0.39 is 5.91 Å². The number of pyridine rings is 1. The number of anilines is 1. The number of nitrogens with zero attached hydrogens (tertiary/aromatic N) is 1. The molecule has 0 fully saturated rings. The maximum absolute atomic E-state index is 10.7. The van der Waals surface area contributed by atoms with Crippen LogP contribution < -0.4 is 15.8 Å². The lowest BCUT2D eigenvalue weighted by molar-refractivity contribution is -0.119. The van der Waals surface area contributed by atoms with Crippen LogP contribution in [0.3, 0.4) is 0 Å². The van der Waals surface area contributed by atoms with Gasteiger partial charge in [-0.15, -0.1) is 0 Å². The number of nitrogens with two attached hydrogens (primary N) is 1. The lowest BCUT2D eigenvalue weighted by Crippen LogP contribution is -2.20. The molecule has 0 spiro atoms. The summed E-state index contributed by atoms with van der Waals surface area (Å²) in [6.45, 7) is 1.93. The number of amides is 1. The maximum Gasteiger partial charge on any atom is 0.255 e. The van der Waals surface area contributed by atoms with Crippen LogP contribution in [0.25, 0.3) is 0 Å². The fraction of sp³-hybridized carbons (Fsp3) is 0.200. The van der Waals surface area contributed by atoms with Crippen LogP contribution in [-0.4, -0.2) is 17.5 Å². The van der Waals surface area contributed by atoms with Crippen LogP contribution in [0.15, 0.2) is 48.8 Å². The molecule has 1 aromatic carbocycles. The van der Waals surface area contributed by atoms with E-state index in [2.05, 4.69) is 10.3 Å². The third kappa shape index (κ3) is 3.98. The molecular formula is C15H17N3O2. The highest BCUT2D eigenvalue weighted by Gasteiger charge is 2.06. The molecule has 3 N–H and O–H groups in total. The second-order valence-corrected chi connectivity index (χ2v) is 4.44. The van der Waals surface area contributed by atoms with Crippen molar-refractivity contribution in [1.82, 2.24) is 4.98 Å². The summed E-state index contributed by atoms with van der Waals surface area (Å²) in [4.78, 5) is 14.8. The minimum atomic E-state index is -0.493. The van der Waals surface area contributed by atoms with E-state index in [9.17, 15) is 4.79 Å². The van der Waals surface area contributed by atoms with Gasteiger partial charge in [0.1, 0.15) is 5.75 Å². The molecule has 1 unspecified atom stereocenters. The molecule has 1 atom stereocenters. The summed E-state index contributed by atoms with van der Waals surface area (Å²) < 4.78 is 5.27. The SMILES string of the molecule is CC(Nc1cccc(OCC(N)=O)c1)c1cccnc1. The van der Waals surface area contributed by atoms with E-state index in [4.69, 9.17) is 10.5 Å². The van der Waals surface area contributed by atoms with E-state index >= 15 is 0 Å². The molecule has 1 amide bonds. The Bertz CT molecular complexity index is 572. The molecule has 0 radical (unpaired) electrons. The number of benzene rings is 1. The van der Waals surface area contributed by atoms with E-state index in [0.717, 1.165) is 11.3 Å². The van der Waals surface area contributed by atoms with Gasteiger partial charge in [-0.1, -0.05) is 12.1 Å². The van der Waals surface area contributed by atoms with Gasteiger partial charge < -0.3 is 15.8 Å². The van der Waals surface area contributed by atoms with Crippen LogP contribution in [0.4, 0.5) is 5.69 Å².